The van der Waals surface area contributed by atoms with Crippen molar-refractivity contribution in [2.45, 2.75) is 12.8 Å². The SMILES string of the molecule is O=C(CCC(=O)c1ccc(Cl)s1)Nc1cccc([N+](=O)[O-])c1. The Hall–Kier alpha value is -2.25. The number of nitro benzene ring substituents is 1. The molecule has 6 nitrogen and oxygen atoms in total. The van der Waals surface area contributed by atoms with Crippen LogP contribution in [0.25, 0.3) is 0 Å². The minimum atomic E-state index is -0.542. The molecule has 0 aliphatic heterocycles. The molecule has 0 bridgehead atoms. The second-order valence-corrected chi connectivity index (χ2v) is 6.10. The van der Waals surface area contributed by atoms with Crippen LogP contribution in [0.1, 0.15) is 22.5 Å². The van der Waals surface area contributed by atoms with Gasteiger partial charge in [0.2, 0.25) is 5.91 Å². The molecule has 1 aromatic carbocycles. The topological polar surface area (TPSA) is 89.3 Å². The third kappa shape index (κ3) is 4.37. The first-order valence-electron chi connectivity index (χ1n) is 6.28. The summed E-state index contributed by atoms with van der Waals surface area (Å²) in [5.41, 5.74) is 0.216. The lowest BCUT2D eigenvalue weighted by Crippen LogP contribution is -2.13. The van der Waals surface area contributed by atoms with Crippen LogP contribution in [0.3, 0.4) is 0 Å². The molecule has 2 rings (SSSR count). The molecule has 0 atom stereocenters. The summed E-state index contributed by atoms with van der Waals surface area (Å²) in [6.07, 6.45) is 0.0502. The fourth-order valence-corrected chi connectivity index (χ4v) is 2.75. The van der Waals surface area contributed by atoms with E-state index >= 15 is 0 Å². The van der Waals surface area contributed by atoms with E-state index in [-0.39, 0.29) is 30.2 Å². The average molecular weight is 339 g/mol. The summed E-state index contributed by atoms with van der Waals surface area (Å²) in [5, 5.41) is 13.2. The van der Waals surface area contributed by atoms with Crippen molar-refractivity contribution in [2.24, 2.45) is 0 Å². The Labute approximate surface area is 134 Å². The van der Waals surface area contributed by atoms with Gasteiger partial charge >= 0.3 is 0 Å². The summed E-state index contributed by atoms with van der Waals surface area (Å²) in [5.74, 6) is -0.539. The fourth-order valence-electron chi connectivity index (χ4n) is 1.74. The Morgan fingerprint density at radius 1 is 1.23 bits per heavy atom. The van der Waals surface area contributed by atoms with Crippen LogP contribution < -0.4 is 5.32 Å². The number of rotatable bonds is 6. The van der Waals surface area contributed by atoms with Crippen LogP contribution in [0.2, 0.25) is 4.34 Å². The molecule has 0 radical (unpaired) electrons. The number of carbonyl (C=O) groups excluding carboxylic acids is 2. The van der Waals surface area contributed by atoms with Gasteiger partial charge in [-0.2, -0.15) is 0 Å². The van der Waals surface area contributed by atoms with Gasteiger partial charge in [-0.25, -0.2) is 0 Å². The molecule has 2 aromatic rings. The number of anilines is 1. The van der Waals surface area contributed by atoms with E-state index < -0.39 is 4.92 Å². The predicted molar refractivity (Wildman–Crippen MR) is 84.6 cm³/mol. The van der Waals surface area contributed by atoms with Crippen molar-refractivity contribution in [3.05, 3.63) is 55.7 Å². The zero-order valence-electron chi connectivity index (χ0n) is 11.2. The Balaban J connectivity index is 1.89. The number of carbonyl (C=O) groups is 2. The Morgan fingerprint density at radius 2 is 2.00 bits per heavy atom. The molecule has 1 N–H and O–H groups in total. The van der Waals surface area contributed by atoms with Gasteiger partial charge in [-0.3, -0.25) is 19.7 Å². The number of Topliss-reactive ketones (excluding diaryl/α,β-unsaturated/α-hetero) is 1. The molecule has 114 valence electrons. The van der Waals surface area contributed by atoms with Crippen LogP contribution >= 0.6 is 22.9 Å². The highest BCUT2D eigenvalue weighted by molar-refractivity contribution is 7.18. The van der Waals surface area contributed by atoms with Gasteiger partial charge in [0.15, 0.2) is 5.78 Å². The number of thiophene rings is 1. The van der Waals surface area contributed by atoms with E-state index in [1.165, 1.54) is 29.5 Å². The van der Waals surface area contributed by atoms with E-state index in [1.807, 2.05) is 0 Å². The molecule has 0 saturated carbocycles. The van der Waals surface area contributed by atoms with E-state index in [1.54, 1.807) is 18.2 Å². The van der Waals surface area contributed by atoms with Gasteiger partial charge in [0.25, 0.3) is 5.69 Å². The lowest BCUT2D eigenvalue weighted by atomic mass is 10.2. The number of halogens is 1. The van der Waals surface area contributed by atoms with Crippen LogP contribution in [-0.2, 0) is 4.79 Å². The summed E-state index contributed by atoms with van der Waals surface area (Å²) in [6, 6.07) is 8.87. The predicted octanol–water partition coefficient (Wildman–Crippen LogP) is 3.91. The van der Waals surface area contributed by atoms with Crippen molar-refractivity contribution in [1.29, 1.82) is 0 Å². The van der Waals surface area contributed by atoms with Crippen molar-refractivity contribution in [3.63, 3.8) is 0 Å². The monoisotopic (exact) mass is 338 g/mol. The van der Waals surface area contributed by atoms with Crippen molar-refractivity contribution in [3.8, 4) is 0 Å². The van der Waals surface area contributed by atoms with E-state index in [0.717, 1.165) is 0 Å². The Bertz CT molecular complexity index is 729. The van der Waals surface area contributed by atoms with Gasteiger partial charge in [0.05, 0.1) is 14.1 Å². The first-order chi connectivity index (χ1) is 10.5. The molecule has 0 fully saturated rings. The molecule has 0 aliphatic rings. The number of benzene rings is 1. The fraction of sp³-hybridized carbons (Fsp3) is 0.143. The number of nitro groups is 1. The summed E-state index contributed by atoms with van der Waals surface area (Å²) in [7, 11) is 0. The molecular formula is C14H11ClN2O4S. The molecule has 8 heteroatoms. The molecule has 1 heterocycles. The van der Waals surface area contributed by atoms with Crippen LogP contribution in [0, 0.1) is 10.1 Å². The minimum Gasteiger partial charge on any atom is -0.326 e. The molecule has 1 aromatic heterocycles. The number of nitrogens with one attached hydrogen (secondary N) is 1. The van der Waals surface area contributed by atoms with Crippen LogP contribution in [-0.4, -0.2) is 16.6 Å². The molecule has 0 unspecified atom stereocenters. The zero-order chi connectivity index (χ0) is 16.1. The van der Waals surface area contributed by atoms with Crippen molar-refractivity contribution in [1.82, 2.24) is 0 Å². The van der Waals surface area contributed by atoms with Gasteiger partial charge in [-0.05, 0) is 18.2 Å². The number of hydrogen-bond acceptors (Lipinski definition) is 5. The number of amides is 1. The number of nitrogens with zero attached hydrogens (tertiary/aromatic N) is 1. The maximum Gasteiger partial charge on any atom is 0.271 e. The van der Waals surface area contributed by atoms with Crippen LogP contribution in [0.5, 0.6) is 0 Å². The van der Waals surface area contributed by atoms with Gasteiger partial charge in [0, 0.05) is 30.7 Å². The van der Waals surface area contributed by atoms with E-state index in [4.69, 9.17) is 11.6 Å². The van der Waals surface area contributed by atoms with Gasteiger partial charge < -0.3 is 5.32 Å². The lowest BCUT2D eigenvalue weighted by Gasteiger charge is -2.04. The van der Waals surface area contributed by atoms with E-state index in [9.17, 15) is 19.7 Å². The normalized spacial score (nSPS) is 10.2. The molecule has 0 aliphatic carbocycles. The standard InChI is InChI=1S/C14H11ClN2O4S/c15-13-6-5-12(22-13)11(18)4-7-14(19)16-9-2-1-3-10(8-9)17(20)21/h1-3,5-6,8H,4,7H2,(H,16,19). The van der Waals surface area contributed by atoms with E-state index in [0.29, 0.717) is 14.9 Å². The minimum absolute atomic E-state index is 0.00293. The highest BCUT2D eigenvalue weighted by atomic mass is 35.5. The average Bonchev–Trinajstić information content (AvgIpc) is 2.91. The number of non-ortho nitro benzene ring substituents is 1. The van der Waals surface area contributed by atoms with Gasteiger partial charge in [0.1, 0.15) is 0 Å². The summed E-state index contributed by atoms with van der Waals surface area (Å²) in [4.78, 5) is 34.2. The smallest absolute Gasteiger partial charge is 0.271 e. The Morgan fingerprint density at radius 3 is 2.64 bits per heavy atom. The molecule has 22 heavy (non-hydrogen) atoms. The third-order valence-corrected chi connectivity index (χ3v) is 4.04. The van der Waals surface area contributed by atoms with Gasteiger partial charge in [-0.15, -0.1) is 11.3 Å². The zero-order valence-corrected chi connectivity index (χ0v) is 12.8. The summed E-state index contributed by atoms with van der Waals surface area (Å²) < 4.78 is 0.518. The van der Waals surface area contributed by atoms with Crippen molar-refractivity contribution < 1.29 is 14.5 Å². The maximum atomic E-state index is 11.8. The first kappa shape index (κ1) is 16.1. The van der Waals surface area contributed by atoms with Gasteiger partial charge in [-0.1, -0.05) is 17.7 Å². The highest BCUT2D eigenvalue weighted by Gasteiger charge is 2.12. The highest BCUT2D eigenvalue weighted by Crippen LogP contribution is 2.23. The van der Waals surface area contributed by atoms with Crippen molar-refractivity contribution >= 4 is 46.0 Å². The molecular weight excluding hydrogens is 328 g/mol. The second kappa shape index (κ2) is 7.15. The van der Waals surface area contributed by atoms with E-state index in [2.05, 4.69) is 5.32 Å². The maximum absolute atomic E-state index is 11.8. The first-order valence-corrected chi connectivity index (χ1v) is 7.48. The Kier molecular flexibility index (Phi) is 5.24. The van der Waals surface area contributed by atoms with Crippen LogP contribution in [0.4, 0.5) is 11.4 Å². The third-order valence-electron chi connectivity index (χ3n) is 2.77. The molecule has 0 spiro atoms. The summed E-state index contributed by atoms with van der Waals surface area (Å²) in [6.45, 7) is 0. The quantitative estimate of drug-likeness (QED) is 0.491. The number of ketones is 1. The number of hydrogen-bond donors (Lipinski definition) is 1. The summed E-state index contributed by atoms with van der Waals surface area (Å²) >= 11 is 6.91. The largest absolute Gasteiger partial charge is 0.326 e. The lowest BCUT2D eigenvalue weighted by molar-refractivity contribution is -0.384. The molecule has 1 amide bonds. The molecule has 0 saturated heterocycles. The van der Waals surface area contributed by atoms with Crippen LogP contribution in [0.15, 0.2) is 36.4 Å². The van der Waals surface area contributed by atoms with Crippen molar-refractivity contribution in [2.75, 3.05) is 5.32 Å². The second-order valence-electron chi connectivity index (χ2n) is 4.38.